The van der Waals surface area contributed by atoms with Crippen LogP contribution in [0.4, 0.5) is 4.79 Å². The summed E-state index contributed by atoms with van der Waals surface area (Å²) in [6, 6.07) is 8.82. The first kappa shape index (κ1) is 19.8. The van der Waals surface area contributed by atoms with Crippen molar-refractivity contribution in [1.82, 2.24) is 5.32 Å². The molecule has 2 amide bonds. The third-order valence-corrected chi connectivity index (χ3v) is 4.44. The van der Waals surface area contributed by atoms with Gasteiger partial charge in [-0.15, -0.1) is 0 Å². The SMILES string of the molecule is O=C1NC(=O)/C(=C/c2ccc(O)c(Cl)c2)S1.O=Cc1ccc(O)c(Cl)c1. The zero-order valence-corrected chi connectivity index (χ0v) is 15.2. The summed E-state index contributed by atoms with van der Waals surface area (Å²) in [5.41, 5.74) is 1.11. The fraction of sp³-hybridized carbons (Fsp3) is 0. The molecule has 2 aromatic rings. The number of aromatic hydroxyl groups is 2. The summed E-state index contributed by atoms with van der Waals surface area (Å²) in [5, 5.41) is 20.3. The first-order chi connectivity index (χ1) is 12.3. The van der Waals surface area contributed by atoms with Crippen LogP contribution < -0.4 is 5.32 Å². The number of carbonyl (C=O) groups is 3. The number of phenolic OH excluding ortho intramolecular Hbond substituents is 2. The molecule has 3 rings (SSSR count). The van der Waals surface area contributed by atoms with E-state index in [-0.39, 0.29) is 26.8 Å². The highest BCUT2D eigenvalue weighted by atomic mass is 35.5. The normalized spacial score (nSPS) is 14.6. The molecule has 9 heteroatoms. The van der Waals surface area contributed by atoms with Gasteiger partial charge in [0, 0.05) is 5.56 Å². The molecule has 1 fully saturated rings. The molecule has 134 valence electrons. The molecule has 0 aromatic heterocycles. The summed E-state index contributed by atoms with van der Waals surface area (Å²) in [6.07, 6.45) is 2.21. The van der Waals surface area contributed by atoms with E-state index in [1.807, 2.05) is 0 Å². The Kier molecular flexibility index (Phi) is 6.68. The van der Waals surface area contributed by atoms with E-state index < -0.39 is 5.91 Å². The minimum Gasteiger partial charge on any atom is -0.506 e. The molecule has 6 nitrogen and oxygen atoms in total. The van der Waals surface area contributed by atoms with Crippen molar-refractivity contribution in [3.63, 3.8) is 0 Å². The Bertz CT molecular complexity index is 914. The van der Waals surface area contributed by atoms with Gasteiger partial charge in [-0.3, -0.25) is 19.7 Å². The van der Waals surface area contributed by atoms with Gasteiger partial charge in [-0.2, -0.15) is 0 Å². The number of amides is 2. The van der Waals surface area contributed by atoms with Crippen LogP contribution in [0.15, 0.2) is 41.3 Å². The van der Waals surface area contributed by atoms with Crippen LogP contribution in [-0.2, 0) is 4.79 Å². The maximum atomic E-state index is 11.2. The number of imide groups is 1. The highest BCUT2D eigenvalue weighted by Gasteiger charge is 2.24. The van der Waals surface area contributed by atoms with Crippen LogP contribution in [0.2, 0.25) is 10.0 Å². The number of rotatable bonds is 2. The Morgan fingerprint density at radius 3 is 1.92 bits per heavy atom. The highest BCUT2D eigenvalue weighted by molar-refractivity contribution is 8.18. The lowest BCUT2D eigenvalue weighted by Gasteiger charge is -1.98. The second-order valence-electron chi connectivity index (χ2n) is 4.89. The van der Waals surface area contributed by atoms with Crippen molar-refractivity contribution in [2.75, 3.05) is 0 Å². The number of carbonyl (C=O) groups excluding carboxylic acids is 3. The van der Waals surface area contributed by atoms with Crippen LogP contribution >= 0.6 is 35.0 Å². The zero-order valence-electron chi connectivity index (χ0n) is 12.9. The lowest BCUT2D eigenvalue weighted by molar-refractivity contribution is -0.115. The summed E-state index contributed by atoms with van der Waals surface area (Å²) in [6.45, 7) is 0. The zero-order chi connectivity index (χ0) is 19.3. The van der Waals surface area contributed by atoms with Gasteiger partial charge in [0.05, 0.1) is 15.0 Å². The van der Waals surface area contributed by atoms with Gasteiger partial charge < -0.3 is 10.2 Å². The summed E-state index contributed by atoms with van der Waals surface area (Å²) in [7, 11) is 0. The van der Waals surface area contributed by atoms with Crippen molar-refractivity contribution < 1.29 is 24.6 Å². The van der Waals surface area contributed by atoms with Crippen molar-refractivity contribution in [3.8, 4) is 11.5 Å². The van der Waals surface area contributed by atoms with E-state index in [0.29, 0.717) is 22.3 Å². The molecule has 0 radical (unpaired) electrons. The quantitative estimate of drug-likeness (QED) is 0.504. The Balaban J connectivity index is 0.000000209. The standard InChI is InChI=1S/C10H6ClNO3S.C7H5ClO2/c11-6-3-5(1-2-7(6)13)4-8-9(14)12-10(15)16-8;8-6-3-5(4-9)1-2-7(6)10/h1-4,13H,(H,12,14,15);1-4,10H/b8-4-;. The topological polar surface area (TPSA) is 104 Å². The summed E-state index contributed by atoms with van der Waals surface area (Å²) in [4.78, 5) is 32.6. The molecule has 0 spiro atoms. The fourth-order valence-corrected chi connectivity index (χ4v) is 2.84. The number of phenols is 2. The van der Waals surface area contributed by atoms with Crippen molar-refractivity contribution in [3.05, 3.63) is 62.5 Å². The molecule has 1 aliphatic heterocycles. The van der Waals surface area contributed by atoms with Crippen molar-refractivity contribution in [2.45, 2.75) is 0 Å². The number of halogens is 2. The average molecular weight is 412 g/mol. The molecule has 0 bridgehead atoms. The Morgan fingerprint density at radius 2 is 1.46 bits per heavy atom. The van der Waals surface area contributed by atoms with Gasteiger partial charge in [-0.1, -0.05) is 29.3 Å². The maximum Gasteiger partial charge on any atom is 0.290 e. The molecule has 0 aliphatic carbocycles. The van der Waals surface area contributed by atoms with E-state index in [0.717, 1.165) is 11.8 Å². The van der Waals surface area contributed by atoms with E-state index in [4.69, 9.17) is 28.3 Å². The van der Waals surface area contributed by atoms with Gasteiger partial charge >= 0.3 is 0 Å². The third kappa shape index (κ3) is 5.26. The Morgan fingerprint density at radius 1 is 0.923 bits per heavy atom. The molecule has 26 heavy (non-hydrogen) atoms. The summed E-state index contributed by atoms with van der Waals surface area (Å²) < 4.78 is 0. The first-order valence-electron chi connectivity index (χ1n) is 6.97. The van der Waals surface area contributed by atoms with Gasteiger partial charge in [-0.25, -0.2) is 0 Å². The van der Waals surface area contributed by atoms with Crippen LogP contribution in [0.25, 0.3) is 6.08 Å². The molecular weight excluding hydrogens is 401 g/mol. The smallest absolute Gasteiger partial charge is 0.290 e. The van der Waals surface area contributed by atoms with Gasteiger partial charge in [0.15, 0.2) is 0 Å². The van der Waals surface area contributed by atoms with Crippen LogP contribution in [0.1, 0.15) is 15.9 Å². The fourth-order valence-electron chi connectivity index (χ4n) is 1.78. The van der Waals surface area contributed by atoms with Crippen LogP contribution in [0, 0.1) is 0 Å². The van der Waals surface area contributed by atoms with E-state index in [1.165, 1.54) is 36.4 Å². The molecule has 2 aromatic carbocycles. The molecule has 0 unspecified atom stereocenters. The monoisotopic (exact) mass is 411 g/mol. The lowest BCUT2D eigenvalue weighted by atomic mass is 10.2. The van der Waals surface area contributed by atoms with E-state index in [2.05, 4.69) is 5.32 Å². The van der Waals surface area contributed by atoms with Crippen molar-refractivity contribution in [1.29, 1.82) is 0 Å². The molecule has 1 heterocycles. The predicted octanol–water partition coefficient (Wildman–Crippen LogP) is 4.23. The minimum absolute atomic E-state index is 0.00716. The number of benzene rings is 2. The lowest BCUT2D eigenvalue weighted by Crippen LogP contribution is -2.17. The Labute approximate surface area is 162 Å². The summed E-state index contributed by atoms with van der Waals surface area (Å²) in [5.74, 6) is -0.449. The van der Waals surface area contributed by atoms with E-state index in [1.54, 1.807) is 6.07 Å². The maximum absolute atomic E-state index is 11.2. The van der Waals surface area contributed by atoms with Crippen LogP contribution in [-0.4, -0.2) is 27.6 Å². The number of nitrogens with one attached hydrogen (secondary N) is 1. The van der Waals surface area contributed by atoms with E-state index >= 15 is 0 Å². The number of thioether (sulfide) groups is 1. The molecule has 1 saturated heterocycles. The van der Waals surface area contributed by atoms with Gasteiger partial charge in [0.25, 0.3) is 11.1 Å². The second kappa shape index (κ2) is 8.75. The van der Waals surface area contributed by atoms with Gasteiger partial charge in [0.1, 0.15) is 17.8 Å². The Hall–Kier alpha value is -2.48. The predicted molar refractivity (Wildman–Crippen MR) is 101 cm³/mol. The van der Waals surface area contributed by atoms with Crippen LogP contribution in [0.3, 0.4) is 0 Å². The molecule has 1 aliphatic rings. The average Bonchev–Trinajstić information content (AvgIpc) is 2.91. The molecule has 0 saturated carbocycles. The molecule has 3 N–H and O–H groups in total. The van der Waals surface area contributed by atoms with Gasteiger partial charge in [-0.05, 0) is 53.7 Å². The number of hydrogen-bond donors (Lipinski definition) is 3. The second-order valence-corrected chi connectivity index (χ2v) is 6.72. The third-order valence-electron chi connectivity index (χ3n) is 3.02. The van der Waals surface area contributed by atoms with Gasteiger partial charge in [0.2, 0.25) is 0 Å². The number of aldehydes is 1. The number of hydrogen-bond acceptors (Lipinski definition) is 6. The minimum atomic E-state index is -0.417. The highest BCUT2D eigenvalue weighted by Crippen LogP contribution is 2.29. The first-order valence-corrected chi connectivity index (χ1v) is 8.54. The molecular formula is C17H11Cl2NO5S. The van der Waals surface area contributed by atoms with E-state index in [9.17, 15) is 19.5 Å². The van der Waals surface area contributed by atoms with Crippen LogP contribution in [0.5, 0.6) is 11.5 Å². The summed E-state index contributed by atoms with van der Waals surface area (Å²) >= 11 is 12.0. The largest absolute Gasteiger partial charge is 0.506 e. The van der Waals surface area contributed by atoms with Crippen molar-refractivity contribution in [2.24, 2.45) is 0 Å². The van der Waals surface area contributed by atoms with Crippen molar-refractivity contribution >= 4 is 58.5 Å². The molecule has 0 atom stereocenters.